The van der Waals surface area contributed by atoms with Gasteiger partial charge < -0.3 is 11.1 Å². The Kier molecular flexibility index (Phi) is 3.46. The van der Waals surface area contributed by atoms with Crippen LogP contribution in [0.1, 0.15) is 25.8 Å². The Labute approximate surface area is 112 Å². The molecule has 0 spiro atoms. The normalized spacial score (nSPS) is 17.7. The van der Waals surface area contributed by atoms with Crippen molar-refractivity contribution in [1.29, 1.82) is 0 Å². The molecule has 0 atom stereocenters. The standard InChI is InChI=1S/C14H19N3O2/c1-14(2)12(18)17(13(19)16-14)8-4-6-10-5-3-7-11(15)9-10/h3,5,7,9H,4,6,8,15H2,1-2H3,(H,16,19). The van der Waals surface area contributed by atoms with E-state index in [1.54, 1.807) is 13.8 Å². The molecule has 1 saturated heterocycles. The van der Waals surface area contributed by atoms with Crippen molar-refractivity contribution in [3.8, 4) is 0 Å². The predicted molar refractivity (Wildman–Crippen MR) is 73.5 cm³/mol. The van der Waals surface area contributed by atoms with Crippen LogP contribution in [0.5, 0.6) is 0 Å². The van der Waals surface area contributed by atoms with Crippen LogP contribution in [-0.4, -0.2) is 28.9 Å². The number of amides is 3. The monoisotopic (exact) mass is 261 g/mol. The third-order valence-corrected chi connectivity index (χ3v) is 3.24. The van der Waals surface area contributed by atoms with Crippen LogP contribution >= 0.6 is 0 Å². The largest absolute Gasteiger partial charge is 0.399 e. The van der Waals surface area contributed by atoms with Gasteiger partial charge in [0.2, 0.25) is 0 Å². The molecule has 19 heavy (non-hydrogen) atoms. The van der Waals surface area contributed by atoms with Crippen LogP contribution in [0.2, 0.25) is 0 Å². The third-order valence-electron chi connectivity index (χ3n) is 3.24. The average Bonchev–Trinajstić information content (AvgIpc) is 2.51. The maximum atomic E-state index is 12.0. The van der Waals surface area contributed by atoms with E-state index in [-0.39, 0.29) is 11.9 Å². The summed E-state index contributed by atoms with van der Waals surface area (Å²) in [5.41, 5.74) is 6.77. The molecular weight excluding hydrogens is 242 g/mol. The molecule has 2 rings (SSSR count). The van der Waals surface area contributed by atoms with Gasteiger partial charge in [-0.3, -0.25) is 9.69 Å². The number of carbonyl (C=O) groups is 2. The molecule has 5 nitrogen and oxygen atoms in total. The fraction of sp³-hybridized carbons (Fsp3) is 0.429. The van der Waals surface area contributed by atoms with Crippen molar-refractivity contribution in [2.45, 2.75) is 32.2 Å². The van der Waals surface area contributed by atoms with Gasteiger partial charge in [0.15, 0.2) is 0 Å². The second-order valence-corrected chi connectivity index (χ2v) is 5.36. The SMILES string of the molecule is CC1(C)NC(=O)N(CCCc2cccc(N)c2)C1=O. The van der Waals surface area contributed by atoms with E-state index in [1.807, 2.05) is 24.3 Å². The Hall–Kier alpha value is -2.04. The van der Waals surface area contributed by atoms with Crippen LogP contribution in [0.25, 0.3) is 0 Å². The van der Waals surface area contributed by atoms with E-state index in [2.05, 4.69) is 5.32 Å². The average molecular weight is 261 g/mol. The minimum absolute atomic E-state index is 0.162. The molecule has 1 aromatic carbocycles. The van der Waals surface area contributed by atoms with Crippen molar-refractivity contribution in [3.05, 3.63) is 29.8 Å². The predicted octanol–water partition coefficient (Wildman–Crippen LogP) is 1.53. The molecule has 0 aliphatic carbocycles. The maximum Gasteiger partial charge on any atom is 0.325 e. The van der Waals surface area contributed by atoms with E-state index < -0.39 is 5.54 Å². The number of carbonyl (C=O) groups excluding carboxylic acids is 2. The minimum Gasteiger partial charge on any atom is -0.399 e. The van der Waals surface area contributed by atoms with E-state index >= 15 is 0 Å². The zero-order valence-corrected chi connectivity index (χ0v) is 11.3. The Morgan fingerprint density at radius 1 is 1.32 bits per heavy atom. The third kappa shape index (κ3) is 2.86. The molecule has 1 aliphatic heterocycles. The molecule has 1 heterocycles. The van der Waals surface area contributed by atoms with Crippen molar-refractivity contribution in [2.24, 2.45) is 0 Å². The first-order valence-corrected chi connectivity index (χ1v) is 6.39. The smallest absolute Gasteiger partial charge is 0.325 e. The number of nitrogens with zero attached hydrogens (tertiary/aromatic N) is 1. The van der Waals surface area contributed by atoms with Crippen LogP contribution in [0.15, 0.2) is 24.3 Å². The van der Waals surface area contributed by atoms with E-state index in [0.29, 0.717) is 6.54 Å². The topological polar surface area (TPSA) is 75.4 Å². The van der Waals surface area contributed by atoms with Crippen molar-refractivity contribution in [3.63, 3.8) is 0 Å². The Bertz CT molecular complexity index is 511. The molecule has 1 fully saturated rings. The summed E-state index contributed by atoms with van der Waals surface area (Å²) in [6.45, 7) is 3.86. The highest BCUT2D eigenvalue weighted by molar-refractivity contribution is 6.06. The number of nitrogens with two attached hydrogens (primary N) is 1. The molecule has 3 amide bonds. The lowest BCUT2D eigenvalue weighted by atomic mass is 10.1. The molecule has 0 unspecified atom stereocenters. The zero-order valence-electron chi connectivity index (χ0n) is 11.3. The zero-order chi connectivity index (χ0) is 14.0. The molecule has 0 aromatic heterocycles. The van der Waals surface area contributed by atoms with Gasteiger partial charge in [0.25, 0.3) is 5.91 Å². The van der Waals surface area contributed by atoms with Gasteiger partial charge in [-0.2, -0.15) is 0 Å². The number of urea groups is 1. The first-order chi connectivity index (χ1) is 8.90. The first-order valence-electron chi connectivity index (χ1n) is 6.39. The molecule has 3 N–H and O–H groups in total. The van der Waals surface area contributed by atoms with Crippen LogP contribution < -0.4 is 11.1 Å². The van der Waals surface area contributed by atoms with E-state index in [1.165, 1.54) is 4.90 Å². The van der Waals surface area contributed by atoms with Gasteiger partial charge in [0, 0.05) is 12.2 Å². The highest BCUT2D eigenvalue weighted by Crippen LogP contribution is 2.17. The number of nitrogen functional groups attached to an aromatic ring is 1. The molecular formula is C14H19N3O2. The van der Waals surface area contributed by atoms with Gasteiger partial charge in [-0.1, -0.05) is 12.1 Å². The number of rotatable bonds is 4. The number of nitrogens with one attached hydrogen (secondary N) is 1. The molecule has 0 saturated carbocycles. The summed E-state index contributed by atoms with van der Waals surface area (Å²) in [7, 11) is 0. The molecule has 0 bridgehead atoms. The van der Waals surface area contributed by atoms with Crippen LogP contribution in [0.3, 0.4) is 0 Å². The van der Waals surface area contributed by atoms with Crippen LogP contribution in [0, 0.1) is 0 Å². The maximum absolute atomic E-state index is 12.0. The lowest BCUT2D eigenvalue weighted by Crippen LogP contribution is -2.40. The van der Waals surface area contributed by atoms with Crippen molar-refractivity contribution in [2.75, 3.05) is 12.3 Å². The van der Waals surface area contributed by atoms with Crippen LogP contribution in [0.4, 0.5) is 10.5 Å². The summed E-state index contributed by atoms with van der Waals surface area (Å²) in [5, 5.41) is 2.67. The van der Waals surface area contributed by atoms with Crippen LogP contribution in [-0.2, 0) is 11.2 Å². The number of imide groups is 1. The van der Waals surface area contributed by atoms with Gasteiger partial charge in [-0.15, -0.1) is 0 Å². The molecule has 102 valence electrons. The van der Waals surface area contributed by atoms with E-state index in [0.717, 1.165) is 24.1 Å². The van der Waals surface area contributed by atoms with Crippen molar-refractivity contribution in [1.82, 2.24) is 10.2 Å². The minimum atomic E-state index is -0.783. The van der Waals surface area contributed by atoms with Gasteiger partial charge in [-0.05, 0) is 44.4 Å². The second kappa shape index (κ2) is 4.91. The summed E-state index contributed by atoms with van der Waals surface area (Å²) in [5.74, 6) is -0.162. The van der Waals surface area contributed by atoms with E-state index in [9.17, 15) is 9.59 Å². The molecule has 1 aliphatic rings. The summed E-state index contributed by atoms with van der Waals surface area (Å²) < 4.78 is 0. The number of anilines is 1. The number of aryl methyl sites for hydroxylation is 1. The molecule has 0 radical (unpaired) electrons. The highest BCUT2D eigenvalue weighted by Gasteiger charge is 2.43. The number of hydrogen-bond acceptors (Lipinski definition) is 3. The number of hydrogen-bond donors (Lipinski definition) is 2. The Morgan fingerprint density at radius 2 is 2.05 bits per heavy atom. The lowest BCUT2D eigenvalue weighted by Gasteiger charge is -2.15. The van der Waals surface area contributed by atoms with Crippen molar-refractivity contribution >= 4 is 17.6 Å². The van der Waals surface area contributed by atoms with Gasteiger partial charge in [0.05, 0.1) is 0 Å². The van der Waals surface area contributed by atoms with E-state index in [4.69, 9.17) is 5.73 Å². The highest BCUT2D eigenvalue weighted by atomic mass is 16.2. The summed E-state index contributed by atoms with van der Waals surface area (Å²) in [6.07, 6.45) is 1.53. The molecule has 1 aromatic rings. The Morgan fingerprint density at radius 3 is 2.63 bits per heavy atom. The quantitative estimate of drug-likeness (QED) is 0.637. The van der Waals surface area contributed by atoms with Gasteiger partial charge in [0.1, 0.15) is 5.54 Å². The van der Waals surface area contributed by atoms with Crippen molar-refractivity contribution < 1.29 is 9.59 Å². The fourth-order valence-electron chi connectivity index (χ4n) is 2.21. The first kappa shape index (κ1) is 13.4. The fourth-order valence-corrected chi connectivity index (χ4v) is 2.21. The van der Waals surface area contributed by atoms with Gasteiger partial charge in [-0.25, -0.2) is 4.79 Å². The Balaban J connectivity index is 1.90. The number of benzene rings is 1. The summed E-state index contributed by atoms with van der Waals surface area (Å²) >= 11 is 0. The second-order valence-electron chi connectivity index (χ2n) is 5.36. The molecule has 5 heteroatoms. The summed E-state index contributed by atoms with van der Waals surface area (Å²) in [4.78, 5) is 24.9. The summed E-state index contributed by atoms with van der Waals surface area (Å²) in [6, 6.07) is 7.34. The van der Waals surface area contributed by atoms with Gasteiger partial charge >= 0.3 is 6.03 Å². The lowest BCUT2D eigenvalue weighted by molar-refractivity contribution is -0.130.